The molecule has 0 aliphatic heterocycles. The molecule has 0 unspecified atom stereocenters. The maximum absolute atomic E-state index is 10.9. The predicted octanol–water partition coefficient (Wildman–Crippen LogP) is 4.15. The van der Waals surface area contributed by atoms with E-state index in [1.165, 1.54) is 0 Å². The molecular formula is C19H13Br2N2O+. The summed E-state index contributed by atoms with van der Waals surface area (Å²) in [4.78, 5) is 0. The van der Waals surface area contributed by atoms with Crippen LogP contribution in [0.2, 0.25) is 0 Å². The number of nitrogens with zero attached hydrogens (tertiary/aromatic N) is 2. The fourth-order valence-electron chi connectivity index (χ4n) is 2.79. The van der Waals surface area contributed by atoms with Gasteiger partial charge in [-0.3, -0.25) is 0 Å². The normalized spacial score (nSPS) is 12.6. The monoisotopic (exact) mass is 443 g/mol. The van der Waals surface area contributed by atoms with Crippen molar-refractivity contribution in [3.63, 3.8) is 0 Å². The first-order chi connectivity index (χ1) is 11.6. The number of rotatable bonds is 2. The lowest BCUT2D eigenvalue weighted by molar-refractivity contribution is -0.613. The Morgan fingerprint density at radius 2 is 1.54 bits per heavy atom. The highest BCUT2D eigenvalue weighted by Crippen LogP contribution is 2.20. The van der Waals surface area contributed by atoms with E-state index in [1.54, 1.807) is 0 Å². The van der Waals surface area contributed by atoms with Crippen LogP contribution in [-0.4, -0.2) is 9.62 Å². The Hall–Kier alpha value is -2.11. The molecule has 2 aromatic carbocycles. The van der Waals surface area contributed by atoms with Crippen molar-refractivity contribution in [3.8, 4) is 11.1 Å². The van der Waals surface area contributed by atoms with Crippen LogP contribution in [0.15, 0.2) is 82.1 Å². The lowest BCUT2D eigenvalue weighted by Crippen LogP contribution is -2.29. The zero-order valence-corrected chi connectivity index (χ0v) is 15.7. The summed E-state index contributed by atoms with van der Waals surface area (Å²) in [6.07, 6.45) is 5.92. The molecule has 5 heteroatoms. The zero-order chi connectivity index (χ0) is 16.7. The molecular weight excluding hydrogens is 432 g/mol. The van der Waals surface area contributed by atoms with E-state index in [2.05, 4.69) is 31.9 Å². The van der Waals surface area contributed by atoms with Crippen molar-refractivity contribution in [2.45, 2.75) is 0 Å². The Balaban J connectivity index is 2.04. The van der Waals surface area contributed by atoms with Gasteiger partial charge in [0.25, 0.3) is 0 Å². The summed E-state index contributed by atoms with van der Waals surface area (Å²) in [5.41, 5.74) is 2.80. The minimum Gasteiger partial charge on any atom is -0.505 e. The summed E-state index contributed by atoms with van der Waals surface area (Å²) >= 11 is 6.90. The number of benzene rings is 2. The topological polar surface area (TPSA) is 28.7 Å². The van der Waals surface area contributed by atoms with Crippen molar-refractivity contribution in [1.29, 1.82) is 0 Å². The van der Waals surface area contributed by atoms with Crippen LogP contribution in [0.5, 0.6) is 0 Å². The second-order valence-corrected chi connectivity index (χ2v) is 7.30. The third-order valence-corrected chi connectivity index (χ3v) is 5.01. The number of aliphatic hydroxyl groups is 1. The van der Waals surface area contributed by atoms with Gasteiger partial charge in [0.2, 0.25) is 12.4 Å². The van der Waals surface area contributed by atoms with Gasteiger partial charge in [-0.15, -0.1) is 4.52 Å². The summed E-state index contributed by atoms with van der Waals surface area (Å²) in [7, 11) is 0. The van der Waals surface area contributed by atoms with E-state index in [0.29, 0.717) is 0 Å². The van der Waals surface area contributed by atoms with Crippen molar-refractivity contribution >= 4 is 37.6 Å². The molecule has 0 saturated carbocycles. The van der Waals surface area contributed by atoms with Crippen LogP contribution in [0.4, 0.5) is 0 Å². The Labute approximate surface area is 155 Å². The van der Waals surface area contributed by atoms with Crippen LogP contribution in [0.1, 0.15) is 5.56 Å². The fourth-order valence-corrected chi connectivity index (χ4v) is 3.32. The predicted molar refractivity (Wildman–Crippen MR) is 101 cm³/mol. The lowest BCUT2D eigenvalue weighted by atomic mass is 10.1. The van der Waals surface area contributed by atoms with Gasteiger partial charge in [-0.25, -0.2) is 0 Å². The number of halogens is 2. The minimum absolute atomic E-state index is 0.249. The van der Waals surface area contributed by atoms with Crippen molar-refractivity contribution < 1.29 is 9.62 Å². The second kappa shape index (κ2) is 6.07. The molecule has 2 heterocycles. The summed E-state index contributed by atoms with van der Waals surface area (Å²) < 4.78 is 5.91. The third-order valence-electron chi connectivity index (χ3n) is 3.96. The van der Waals surface area contributed by atoms with E-state index in [9.17, 15) is 5.11 Å². The van der Waals surface area contributed by atoms with Gasteiger partial charge >= 0.3 is 0 Å². The maximum Gasteiger partial charge on any atom is 0.210 e. The molecule has 0 saturated heterocycles. The van der Waals surface area contributed by atoms with Crippen molar-refractivity contribution in [3.05, 3.63) is 93.0 Å². The summed E-state index contributed by atoms with van der Waals surface area (Å²) in [5.74, 6) is 0.249. The van der Waals surface area contributed by atoms with Gasteiger partial charge in [0.15, 0.2) is 11.1 Å². The number of hydrogen-bond acceptors (Lipinski definition) is 1. The Kier molecular flexibility index (Phi) is 3.90. The smallest absolute Gasteiger partial charge is 0.210 e. The Morgan fingerprint density at radius 3 is 2.21 bits per heavy atom. The molecule has 24 heavy (non-hydrogen) atoms. The summed E-state index contributed by atoms with van der Waals surface area (Å²) in [6.45, 7) is 0. The van der Waals surface area contributed by atoms with E-state index < -0.39 is 0 Å². The largest absolute Gasteiger partial charge is 0.505 e. The molecule has 118 valence electrons. The molecule has 4 rings (SSSR count). The molecule has 0 spiro atoms. The van der Waals surface area contributed by atoms with Gasteiger partial charge in [0.05, 0.1) is 11.8 Å². The standard InChI is InChI=1S/C19H12Br2N2O/c20-15-6-2-13(3-7-15)17-12-22-10-1-11-23(22)18(17)19(24)14-4-8-16(21)9-5-14/h1-12H/p+1/b19-18+. The van der Waals surface area contributed by atoms with Crippen molar-refractivity contribution in [1.82, 2.24) is 4.52 Å². The first kappa shape index (κ1) is 15.4. The molecule has 1 N–H and O–H groups in total. The Morgan fingerprint density at radius 1 is 0.917 bits per heavy atom. The summed E-state index contributed by atoms with van der Waals surface area (Å²) in [5, 5.41) is 11.7. The molecule has 0 atom stereocenters. The van der Waals surface area contributed by atoms with Gasteiger partial charge in [-0.05, 0) is 29.8 Å². The number of hydrogen-bond donors (Lipinski definition) is 1. The zero-order valence-electron chi connectivity index (χ0n) is 12.5. The third kappa shape index (κ3) is 2.64. The quantitative estimate of drug-likeness (QED) is 0.462. The van der Waals surface area contributed by atoms with E-state index in [1.807, 2.05) is 82.2 Å². The lowest BCUT2D eigenvalue weighted by Gasteiger charge is -2.01. The fraction of sp³-hybridized carbons (Fsp3) is 0. The second-order valence-electron chi connectivity index (χ2n) is 5.47. The van der Waals surface area contributed by atoms with Crippen LogP contribution in [0.25, 0.3) is 16.9 Å². The van der Waals surface area contributed by atoms with Crippen LogP contribution in [0.3, 0.4) is 0 Å². The first-order valence-corrected chi connectivity index (χ1v) is 8.98. The molecule has 2 aromatic heterocycles. The molecule has 4 aromatic rings. The maximum atomic E-state index is 10.9. The van der Waals surface area contributed by atoms with Gasteiger partial charge in [-0.1, -0.05) is 60.6 Å². The molecule has 0 fully saturated rings. The molecule has 0 aliphatic rings. The van der Waals surface area contributed by atoms with Crippen LogP contribution in [0, 0.1) is 0 Å². The van der Waals surface area contributed by atoms with E-state index in [0.717, 1.165) is 31.0 Å². The van der Waals surface area contributed by atoms with Crippen molar-refractivity contribution in [2.75, 3.05) is 0 Å². The van der Waals surface area contributed by atoms with E-state index in [4.69, 9.17) is 0 Å². The molecule has 0 radical (unpaired) electrons. The van der Waals surface area contributed by atoms with Gasteiger partial charge in [0.1, 0.15) is 0 Å². The van der Waals surface area contributed by atoms with Crippen LogP contribution >= 0.6 is 31.9 Å². The average Bonchev–Trinajstić information content (AvgIpc) is 3.16. The number of fused-ring (bicyclic) bond motifs is 1. The molecule has 0 bridgehead atoms. The first-order valence-electron chi connectivity index (χ1n) is 7.40. The van der Waals surface area contributed by atoms with E-state index in [-0.39, 0.29) is 5.76 Å². The molecule has 3 nitrogen and oxygen atoms in total. The van der Waals surface area contributed by atoms with Crippen LogP contribution in [-0.2, 0) is 0 Å². The number of aliphatic hydroxyl groups excluding tert-OH is 1. The summed E-state index contributed by atoms with van der Waals surface area (Å²) in [6, 6.07) is 17.7. The van der Waals surface area contributed by atoms with Gasteiger partial charge in [0, 0.05) is 20.6 Å². The number of aromatic nitrogens is 2. The van der Waals surface area contributed by atoms with Gasteiger partial charge in [-0.2, -0.15) is 0 Å². The molecule has 0 amide bonds. The highest BCUT2D eigenvalue weighted by atomic mass is 79.9. The molecule has 0 aliphatic carbocycles. The van der Waals surface area contributed by atoms with Crippen LogP contribution < -0.4 is 9.86 Å². The van der Waals surface area contributed by atoms with E-state index >= 15 is 0 Å². The Bertz CT molecular complexity index is 1070. The van der Waals surface area contributed by atoms with Gasteiger partial charge < -0.3 is 5.11 Å². The minimum atomic E-state index is 0.249. The average molecular weight is 445 g/mol. The SMILES string of the molecule is O/C(c1ccc(Br)cc1)=c1\c(-c2ccc(Br)cc2)c[n+]2cccn12. The van der Waals surface area contributed by atoms with Crippen molar-refractivity contribution in [2.24, 2.45) is 0 Å². The highest BCUT2D eigenvalue weighted by molar-refractivity contribution is 9.10. The highest BCUT2D eigenvalue weighted by Gasteiger charge is 2.18.